The summed E-state index contributed by atoms with van der Waals surface area (Å²) in [6, 6.07) is 8.23. The number of fused-ring (bicyclic) bond motifs is 8. The summed E-state index contributed by atoms with van der Waals surface area (Å²) in [6.45, 7) is 10.4. The van der Waals surface area contributed by atoms with E-state index in [4.69, 9.17) is 19.4 Å². The molecule has 0 aliphatic carbocycles. The van der Waals surface area contributed by atoms with E-state index < -0.39 is 5.41 Å². The number of nitrogens with one attached hydrogen (secondary N) is 2. The van der Waals surface area contributed by atoms with Crippen molar-refractivity contribution >= 4 is 51.6 Å². The van der Waals surface area contributed by atoms with Crippen molar-refractivity contribution in [2.75, 3.05) is 28.3 Å². The van der Waals surface area contributed by atoms with Crippen molar-refractivity contribution in [2.45, 2.75) is 84.5 Å². The highest BCUT2D eigenvalue weighted by atomic mass is 16.5. The van der Waals surface area contributed by atoms with Gasteiger partial charge in [0.2, 0.25) is 5.91 Å². The molecule has 0 aromatic carbocycles. The minimum absolute atomic E-state index is 0.00267. The molecule has 0 unspecified atom stereocenters. The van der Waals surface area contributed by atoms with Crippen LogP contribution in [0.15, 0.2) is 24.3 Å². The van der Waals surface area contributed by atoms with E-state index in [1.54, 1.807) is 19.0 Å². The van der Waals surface area contributed by atoms with Crippen LogP contribution in [0.2, 0.25) is 0 Å². The lowest BCUT2D eigenvalue weighted by Gasteiger charge is -2.31. The lowest BCUT2D eigenvalue weighted by molar-refractivity contribution is -0.141. The Balaban J connectivity index is 1.89. The van der Waals surface area contributed by atoms with Gasteiger partial charge in [0.25, 0.3) is 0 Å². The second-order valence-electron chi connectivity index (χ2n) is 13.4. The molecule has 48 heavy (non-hydrogen) atoms. The number of ether oxygens (including phenoxy) is 2. The van der Waals surface area contributed by atoms with Gasteiger partial charge in [-0.2, -0.15) is 0 Å². The first kappa shape index (κ1) is 34.6. The number of nitrogens with zero attached hydrogens (tertiary/aromatic N) is 3. The van der Waals surface area contributed by atoms with E-state index in [-0.39, 0.29) is 36.6 Å². The van der Waals surface area contributed by atoms with Crippen LogP contribution >= 0.6 is 0 Å². The molecular formula is C38H47N5O5. The third-order valence-corrected chi connectivity index (χ3v) is 10.1. The monoisotopic (exact) mass is 653 g/mol. The second-order valence-corrected chi connectivity index (χ2v) is 13.4. The highest BCUT2D eigenvalue weighted by Gasteiger charge is 2.44. The fourth-order valence-corrected chi connectivity index (χ4v) is 7.07. The van der Waals surface area contributed by atoms with Crippen molar-refractivity contribution < 1.29 is 23.9 Å². The number of rotatable bonds is 9. The number of methoxy groups -OCH3 is 2. The smallest absolute Gasteiger partial charge is 0.305 e. The fourth-order valence-electron chi connectivity index (χ4n) is 7.07. The molecule has 0 saturated carbocycles. The predicted octanol–water partition coefficient (Wildman–Crippen LogP) is 6.63. The topological polar surface area (TPSA) is 130 Å². The van der Waals surface area contributed by atoms with E-state index in [0.29, 0.717) is 19.3 Å². The van der Waals surface area contributed by atoms with Gasteiger partial charge in [0.1, 0.15) is 0 Å². The maximum atomic E-state index is 13.3. The van der Waals surface area contributed by atoms with Crippen molar-refractivity contribution in [1.29, 1.82) is 0 Å². The highest BCUT2D eigenvalue weighted by Crippen LogP contribution is 2.47. The van der Waals surface area contributed by atoms with Gasteiger partial charge >= 0.3 is 11.9 Å². The average Bonchev–Trinajstić information content (AvgIpc) is 3.71. The molecule has 254 valence electrons. The van der Waals surface area contributed by atoms with Crippen molar-refractivity contribution in [3.63, 3.8) is 0 Å². The number of hydrogen-bond acceptors (Lipinski definition) is 7. The largest absolute Gasteiger partial charge is 0.469 e. The second kappa shape index (κ2) is 13.8. The summed E-state index contributed by atoms with van der Waals surface area (Å²) in [5.74, 6) is -0.530. The quantitative estimate of drug-likeness (QED) is 0.248. The summed E-state index contributed by atoms with van der Waals surface area (Å²) in [4.78, 5) is 56.9. The number of carbonyl (C=O) groups is 3. The van der Waals surface area contributed by atoms with Crippen LogP contribution in [0.3, 0.4) is 0 Å². The van der Waals surface area contributed by atoms with Gasteiger partial charge in [-0.25, -0.2) is 4.98 Å². The van der Waals surface area contributed by atoms with Crippen LogP contribution in [0.25, 0.3) is 33.7 Å². The first-order valence-electron chi connectivity index (χ1n) is 16.6. The summed E-state index contributed by atoms with van der Waals surface area (Å²) in [5, 5.41) is 0. The standard InChI is InChI=1S/C38H47N5O5/c1-10-27-33-17-28-21(2)15-24(39-28)16-29-22(3)25(11-13-36(45)47-8)31(40-29)18-32-26(12-14-37(46)48-9)23(4)30(41-32)19-34(42-33)38(27,5)20-35(44)43(6)7/h15-19,27,40-41H,10-14,20H2,1-9H3/t27-,38+/m0/s1. The third-order valence-electron chi connectivity index (χ3n) is 10.1. The number of esters is 2. The molecule has 3 aromatic rings. The van der Waals surface area contributed by atoms with E-state index >= 15 is 0 Å². The van der Waals surface area contributed by atoms with E-state index in [1.807, 2.05) is 26.8 Å². The molecule has 0 spiro atoms. The van der Waals surface area contributed by atoms with Gasteiger partial charge in [0, 0.05) is 78.1 Å². The Morgan fingerprint density at radius 3 is 1.92 bits per heavy atom. The molecule has 8 bridgehead atoms. The Hall–Kier alpha value is -4.73. The molecular weight excluding hydrogens is 606 g/mol. The molecule has 2 aliphatic rings. The summed E-state index contributed by atoms with van der Waals surface area (Å²) in [5.41, 5.74) is 11.3. The summed E-state index contributed by atoms with van der Waals surface area (Å²) < 4.78 is 9.94. The lowest BCUT2D eigenvalue weighted by atomic mass is 9.71. The number of hydrogen-bond donors (Lipinski definition) is 2. The van der Waals surface area contributed by atoms with Gasteiger partial charge < -0.3 is 24.3 Å². The van der Waals surface area contributed by atoms with Crippen LogP contribution in [0.5, 0.6) is 0 Å². The molecule has 0 saturated heterocycles. The number of allylic oxidation sites excluding steroid dienone is 1. The maximum absolute atomic E-state index is 13.3. The van der Waals surface area contributed by atoms with Gasteiger partial charge in [-0.05, 0) is 98.2 Å². The summed E-state index contributed by atoms with van der Waals surface area (Å²) in [7, 11) is 6.37. The van der Waals surface area contributed by atoms with Crippen molar-refractivity contribution in [3.05, 3.63) is 69.3 Å². The normalized spacial score (nSPS) is 17.2. The molecule has 2 N–H and O–H groups in total. The zero-order valence-corrected chi connectivity index (χ0v) is 29.6. The predicted molar refractivity (Wildman–Crippen MR) is 188 cm³/mol. The Labute approximate surface area is 282 Å². The number of amides is 1. The Kier molecular flexibility index (Phi) is 9.94. The van der Waals surface area contributed by atoms with Crippen LogP contribution in [0.4, 0.5) is 0 Å². The molecule has 0 radical (unpaired) electrons. The Bertz CT molecular complexity index is 1970. The number of carbonyl (C=O) groups excluding carboxylic acids is 3. The third kappa shape index (κ3) is 6.66. The van der Waals surface area contributed by atoms with Crippen LogP contribution in [0.1, 0.15) is 97.4 Å². The zero-order chi connectivity index (χ0) is 34.9. The minimum Gasteiger partial charge on any atom is -0.469 e. The average molecular weight is 654 g/mol. The Morgan fingerprint density at radius 1 is 0.833 bits per heavy atom. The van der Waals surface area contributed by atoms with E-state index in [9.17, 15) is 14.4 Å². The molecule has 3 aromatic heterocycles. The van der Waals surface area contributed by atoms with Gasteiger partial charge in [-0.15, -0.1) is 0 Å². The zero-order valence-electron chi connectivity index (χ0n) is 29.6. The van der Waals surface area contributed by atoms with Crippen LogP contribution in [-0.4, -0.2) is 71.0 Å². The van der Waals surface area contributed by atoms with Crippen molar-refractivity contribution in [3.8, 4) is 0 Å². The number of aromatic amines is 2. The first-order chi connectivity index (χ1) is 22.8. The van der Waals surface area contributed by atoms with Crippen molar-refractivity contribution in [2.24, 2.45) is 0 Å². The number of aryl methyl sites for hydroxylation is 4. The first-order valence-corrected chi connectivity index (χ1v) is 16.6. The van der Waals surface area contributed by atoms with Crippen LogP contribution in [0, 0.1) is 13.8 Å². The molecule has 0 fully saturated rings. The van der Waals surface area contributed by atoms with Crippen LogP contribution in [-0.2, 0) is 42.1 Å². The fraction of sp³-hybridized carbons (Fsp3) is 0.447. The number of aromatic nitrogens is 4. The highest BCUT2D eigenvalue weighted by molar-refractivity contribution is 5.85. The summed E-state index contributed by atoms with van der Waals surface area (Å²) in [6.07, 6.45) is 4.58. The molecule has 5 heterocycles. The van der Waals surface area contributed by atoms with Gasteiger partial charge in [0.05, 0.1) is 25.6 Å². The molecule has 10 nitrogen and oxygen atoms in total. The van der Waals surface area contributed by atoms with Crippen molar-refractivity contribution in [1.82, 2.24) is 24.8 Å². The van der Waals surface area contributed by atoms with Gasteiger partial charge in [0.15, 0.2) is 0 Å². The van der Waals surface area contributed by atoms with E-state index in [0.717, 1.165) is 79.1 Å². The molecule has 2 aliphatic heterocycles. The van der Waals surface area contributed by atoms with Gasteiger partial charge in [-0.1, -0.05) is 13.8 Å². The summed E-state index contributed by atoms with van der Waals surface area (Å²) >= 11 is 0. The SMILES string of the molecule is CC[C@H]1c2cc3nc(cc4[nH]c(cc5[nH]c(cc(n2)[C@]1(C)CC(=O)N(C)C)c(C)c5CCC(=O)OC)c(CCC(=O)OC)c4C)C=C3C. The molecule has 5 rings (SSSR count). The lowest BCUT2D eigenvalue weighted by Crippen LogP contribution is -2.34. The Morgan fingerprint density at radius 2 is 1.40 bits per heavy atom. The maximum Gasteiger partial charge on any atom is 0.305 e. The van der Waals surface area contributed by atoms with Gasteiger partial charge in [-0.3, -0.25) is 19.4 Å². The van der Waals surface area contributed by atoms with Crippen LogP contribution < -0.4 is 0 Å². The molecule has 1 amide bonds. The van der Waals surface area contributed by atoms with E-state index in [2.05, 4.69) is 48.1 Å². The number of H-pyrrole nitrogens is 2. The van der Waals surface area contributed by atoms with E-state index in [1.165, 1.54) is 14.2 Å². The molecule has 10 heteroatoms. The molecule has 2 atom stereocenters. The minimum atomic E-state index is -0.564.